The molecule has 0 radical (unpaired) electrons. The second-order valence-corrected chi connectivity index (χ2v) is 10.3. The Morgan fingerprint density at radius 3 is 2.20 bits per heavy atom. The van der Waals surface area contributed by atoms with Crippen LogP contribution in [0.1, 0.15) is 39.7 Å². The quantitative estimate of drug-likeness (QED) is 0.236. The molecule has 5 nitrogen and oxygen atoms in total. The lowest BCUT2D eigenvalue weighted by atomic mass is 9.83. The second kappa shape index (κ2) is 9.87. The van der Waals surface area contributed by atoms with Crippen molar-refractivity contribution >= 4 is 23.3 Å². The van der Waals surface area contributed by atoms with E-state index in [1.54, 1.807) is 12.1 Å². The van der Waals surface area contributed by atoms with Crippen LogP contribution in [0.4, 0.5) is 13.6 Å². The van der Waals surface area contributed by atoms with Gasteiger partial charge in [-0.2, -0.15) is 0 Å². The number of fused-ring (bicyclic) bond motifs is 3. The Morgan fingerprint density at radius 2 is 1.63 bits per heavy atom. The summed E-state index contributed by atoms with van der Waals surface area (Å²) in [7, 11) is 0. The van der Waals surface area contributed by atoms with Crippen molar-refractivity contribution in [2.24, 2.45) is 5.92 Å². The van der Waals surface area contributed by atoms with Crippen LogP contribution in [0.3, 0.4) is 0 Å². The van der Waals surface area contributed by atoms with E-state index in [0.717, 1.165) is 30.8 Å². The summed E-state index contributed by atoms with van der Waals surface area (Å²) in [5, 5.41) is 1.89. The lowest BCUT2D eigenvalue weighted by Gasteiger charge is -2.51. The Bertz CT molecular complexity index is 1160. The molecular weight excluding hydrogens is 472 g/mol. The SMILES string of the molecule is O=C(OC(c1cccc(F)c1)c1cccc(F)c1)OC1C[N+]2(CC(=O)c3cccs3)CCC1CC2. The molecule has 2 bridgehead atoms. The molecule has 0 aliphatic carbocycles. The number of carbonyl (C=O) groups excluding carboxylic acids is 2. The van der Waals surface area contributed by atoms with Gasteiger partial charge in [0.2, 0.25) is 5.78 Å². The number of rotatable bonds is 7. The molecule has 1 aromatic heterocycles. The van der Waals surface area contributed by atoms with Gasteiger partial charge in [0, 0.05) is 29.9 Å². The van der Waals surface area contributed by atoms with Crippen molar-refractivity contribution in [2.45, 2.75) is 25.0 Å². The number of benzene rings is 2. The lowest BCUT2D eigenvalue weighted by molar-refractivity contribution is -0.938. The van der Waals surface area contributed by atoms with Crippen molar-refractivity contribution < 1.29 is 32.3 Å². The molecule has 3 aromatic rings. The number of halogens is 2. The summed E-state index contributed by atoms with van der Waals surface area (Å²) in [6.45, 7) is 2.70. The molecule has 182 valence electrons. The normalized spacial score (nSPS) is 23.3. The first-order chi connectivity index (χ1) is 16.9. The van der Waals surface area contributed by atoms with E-state index < -0.39 is 23.9 Å². The fourth-order valence-electron chi connectivity index (χ4n) is 5.31. The zero-order valence-electron chi connectivity index (χ0n) is 19.1. The maximum Gasteiger partial charge on any atom is 0.509 e. The highest BCUT2D eigenvalue weighted by atomic mass is 32.1. The Morgan fingerprint density at radius 1 is 0.971 bits per heavy atom. The summed E-state index contributed by atoms with van der Waals surface area (Å²) in [6, 6.07) is 15.1. The fourth-order valence-corrected chi connectivity index (χ4v) is 5.97. The molecule has 1 unspecified atom stereocenters. The van der Waals surface area contributed by atoms with E-state index in [1.165, 1.54) is 47.7 Å². The molecule has 3 aliphatic rings. The molecule has 3 saturated heterocycles. The summed E-state index contributed by atoms with van der Waals surface area (Å²) in [5.41, 5.74) is 0.762. The van der Waals surface area contributed by atoms with Crippen molar-refractivity contribution in [1.82, 2.24) is 0 Å². The zero-order chi connectivity index (χ0) is 24.4. The summed E-state index contributed by atoms with van der Waals surface area (Å²) < 4.78 is 39.8. The van der Waals surface area contributed by atoms with E-state index in [4.69, 9.17) is 9.47 Å². The first kappa shape index (κ1) is 23.6. The van der Waals surface area contributed by atoms with Crippen LogP contribution in [0.25, 0.3) is 0 Å². The number of thiophene rings is 1. The molecule has 2 aromatic carbocycles. The number of carbonyl (C=O) groups is 2. The zero-order valence-corrected chi connectivity index (χ0v) is 19.9. The van der Waals surface area contributed by atoms with Crippen molar-refractivity contribution in [3.63, 3.8) is 0 Å². The van der Waals surface area contributed by atoms with Crippen LogP contribution >= 0.6 is 11.3 Å². The maximum atomic E-state index is 13.9. The van der Waals surface area contributed by atoms with Gasteiger partial charge in [0.25, 0.3) is 0 Å². The number of hydrogen-bond acceptors (Lipinski definition) is 5. The number of Topliss-reactive ketones (excluding diaryl/α,β-unsaturated/α-hetero) is 1. The minimum absolute atomic E-state index is 0.110. The van der Waals surface area contributed by atoms with Crippen molar-refractivity contribution in [1.29, 1.82) is 0 Å². The van der Waals surface area contributed by atoms with E-state index in [2.05, 4.69) is 0 Å². The minimum Gasteiger partial charge on any atom is -0.425 e. The van der Waals surface area contributed by atoms with Crippen LogP contribution in [-0.4, -0.2) is 48.7 Å². The highest BCUT2D eigenvalue weighted by Gasteiger charge is 2.49. The van der Waals surface area contributed by atoms with E-state index in [0.29, 0.717) is 28.7 Å². The highest BCUT2D eigenvalue weighted by Crippen LogP contribution is 2.37. The van der Waals surface area contributed by atoms with Gasteiger partial charge in [0.05, 0.1) is 18.0 Å². The topological polar surface area (TPSA) is 52.6 Å². The maximum absolute atomic E-state index is 13.9. The predicted molar refractivity (Wildman–Crippen MR) is 127 cm³/mol. The van der Waals surface area contributed by atoms with Crippen molar-refractivity contribution in [3.8, 4) is 0 Å². The third-order valence-corrected chi connectivity index (χ3v) is 7.99. The van der Waals surface area contributed by atoms with Gasteiger partial charge in [-0.05, 0) is 35.7 Å². The minimum atomic E-state index is -1.02. The summed E-state index contributed by atoms with van der Waals surface area (Å²) >= 11 is 1.44. The number of hydrogen-bond donors (Lipinski definition) is 0. The molecule has 0 N–H and O–H groups in total. The molecule has 3 aliphatic heterocycles. The van der Waals surface area contributed by atoms with Crippen LogP contribution in [0.15, 0.2) is 66.0 Å². The van der Waals surface area contributed by atoms with Crippen molar-refractivity contribution in [3.05, 3.63) is 93.7 Å². The van der Waals surface area contributed by atoms with Crippen LogP contribution < -0.4 is 0 Å². The third-order valence-electron chi connectivity index (χ3n) is 7.08. The molecule has 3 fully saturated rings. The Labute approximate surface area is 206 Å². The summed E-state index contributed by atoms with van der Waals surface area (Å²) in [4.78, 5) is 26.5. The van der Waals surface area contributed by atoms with Gasteiger partial charge in [0.15, 0.2) is 12.2 Å². The second-order valence-electron chi connectivity index (χ2n) is 9.38. The fraction of sp³-hybridized carbons (Fsp3) is 0.333. The molecule has 1 atom stereocenters. The monoisotopic (exact) mass is 498 g/mol. The number of nitrogens with zero attached hydrogens (tertiary/aromatic N) is 1. The van der Waals surface area contributed by atoms with E-state index in [-0.39, 0.29) is 17.8 Å². The third kappa shape index (κ3) is 5.28. The van der Waals surface area contributed by atoms with Gasteiger partial charge in [-0.25, -0.2) is 13.6 Å². The number of ether oxygens (including phenoxy) is 2. The van der Waals surface area contributed by atoms with Gasteiger partial charge in [-0.3, -0.25) is 4.79 Å². The molecule has 6 rings (SSSR count). The Balaban J connectivity index is 1.30. The Hall–Kier alpha value is -3.10. The van der Waals surface area contributed by atoms with Gasteiger partial charge in [-0.15, -0.1) is 11.3 Å². The van der Waals surface area contributed by atoms with Gasteiger partial charge < -0.3 is 14.0 Å². The van der Waals surface area contributed by atoms with E-state index in [1.807, 2.05) is 17.5 Å². The van der Waals surface area contributed by atoms with Crippen molar-refractivity contribution in [2.75, 3.05) is 26.2 Å². The Kier molecular flexibility index (Phi) is 6.67. The summed E-state index contributed by atoms with van der Waals surface area (Å²) in [6.07, 6.45) is -0.537. The van der Waals surface area contributed by atoms with Gasteiger partial charge in [0.1, 0.15) is 24.7 Å². The number of ketones is 1. The predicted octanol–water partition coefficient (Wildman–Crippen LogP) is 5.76. The molecule has 8 heteroatoms. The molecule has 35 heavy (non-hydrogen) atoms. The van der Waals surface area contributed by atoms with Crippen LogP contribution in [0.2, 0.25) is 0 Å². The highest BCUT2D eigenvalue weighted by molar-refractivity contribution is 7.12. The number of piperidine rings is 3. The van der Waals surface area contributed by atoms with E-state index in [9.17, 15) is 18.4 Å². The first-order valence-corrected chi connectivity index (χ1v) is 12.6. The lowest BCUT2D eigenvalue weighted by Crippen LogP contribution is -2.65. The standard InChI is InChI=1S/C27H26F2NO4S/c28-21-6-1-4-19(14-21)26(20-5-2-7-22(29)15-20)34-27(32)33-24-17-30(11-9-18(24)10-12-30)16-23(31)25-8-3-13-35-25/h1-8,13-15,18,24,26H,9-12,16-17H2/q+1. The van der Waals surface area contributed by atoms with Crippen LogP contribution in [0, 0.1) is 17.6 Å². The molecule has 0 spiro atoms. The average Bonchev–Trinajstić information content (AvgIpc) is 3.38. The molecule has 4 heterocycles. The van der Waals surface area contributed by atoms with Crippen LogP contribution in [-0.2, 0) is 9.47 Å². The van der Waals surface area contributed by atoms with E-state index >= 15 is 0 Å². The average molecular weight is 499 g/mol. The summed E-state index contributed by atoms with van der Waals surface area (Å²) in [5.74, 6) is -0.652. The van der Waals surface area contributed by atoms with Gasteiger partial charge >= 0.3 is 6.16 Å². The van der Waals surface area contributed by atoms with Gasteiger partial charge in [-0.1, -0.05) is 30.3 Å². The largest absolute Gasteiger partial charge is 0.509 e. The molecule has 0 amide bonds. The smallest absolute Gasteiger partial charge is 0.425 e. The first-order valence-electron chi connectivity index (χ1n) is 11.7. The number of quaternary nitrogens is 1. The molecular formula is C27H26F2NO4S+. The van der Waals surface area contributed by atoms with Crippen LogP contribution in [0.5, 0.6) is 0 Å². The molecule has 0 saturated carbocycles.